The number of nitrogens with two attached hydrogens (primary N) is 1. The van der Waals surface area contributed by atoms with Gasteiger partial charge in [-0.2, -0.15) is 4.98 Å². The summed E-state index contributed by atoms with van der Waals surface area (Å²) in [6.07, 6.45) is 4.32. The average molecular weight is 437 g/mol. The number of nitrogen functional groups attached to an aromatic ring is 1. The third-order valence-corrected chi connectivity index (χ3v) is 6.82. The van der Waals surface area contributed by atoms with E-state index in [9.17, 15) is 5.11 Å². The maximum absolute atomic E-state index is 10.2. The number of hydrogen-bond donors (Lipinski definition) is 2. The number of nitrogens with zero attached hydrogens (tertiary/aromatic N) is 5. The number of piperazine rings is 1. The molecule has 2 fully saturated rings. The Morgan fingerprint density at radius 2 is 1.90 bits per heavy atom. The van der Waals surface area contributed by atoms with Crippen LogP contribution in [0.4, 0.5) is 11.8 Å². The highest BCUT2D eigenvalue weighted by Crippen LogP contribution is 2.34. The molecule has 7 nitrogen and oxygen atoms in total. The van der Waals surface area contributed by atoms with Crippen LogP contribution in [0.1, 0.15) is 25.7 Å². The number of rotatable bonds is 6. The summed E-state index contributed by atoms with van der Waals surface area (Å²) in [6.45, 7) is 4.35. The van der Waals surface area contributed by atoms with Crippen LogP contribution >= 0.6 is 23.2 Å². The Morgan fingerprint density at radius 3 is 2.55 bits per heavy atom. The van der Waals surface area contributed by atoms with Crippen LogP contribution in [0.3, 0.4) is 0 Å². The van der Waals surface area contributed by atoms with E-state index in [1.807, 2.05) is 0 Å². The van der Waals surface area contributed by atoms with Crippen molar-refractivity contribution in [3.05, 3.63) is 28.2 Å². The topological polar surface area (TPSA) is 91.4 Å². The second kappa shape index (κ2) is 9.00. The molecule has 2 aromatic rings. The van der Waals surface area contributed by atoms with Crippen molar-refractivity contribution in [2.24, 2.45) is 5.92 Å². The Kier molecular flexibility index (Phi) is 6.39. The fourth-order valence-electron chi connectivity index (χ4n) is 3.89. The van der Waals surface area contributed by atoms with Gasteiger partial charge in [-0.3, -0.25) is 4.90 Å². The normalized spacial score (nSPS) is 19.2. The first kappa shape index (κ1) is 20.6. The van der Waals surface area contributed by atoms with Gasteiger partial charge in [0.2, 0.25) is 5.95 Å². The van der Waals surface area contributed by atoms with Crippen LogP contribution in [-0.2, 0) is 0 Å². The Hall–Kier alpha value is -1.67. The first-order chi connectivity index (χ1) is 14.0. The van der Waals surface area contributed by atoms with E-state index in [0.29, 0.717) is 33.2 Å². The summed E-state index contributed by atoms with van der Waals surface area (Å²) in [6, 6.07) is 5.30. The summed E-state index contributed by atoms with van der Waals surface area (Å²) in [7, 11) is 0. The predicted molar refractivity (Wildman–Crippen MR) is 116 cm³/mol. The van der Waals surface area contributed by atoms with Crippen molar-refractivity contribution in [1.82, 2.24) is 20.1 Å². The van der Waals surface area contributed by atoms with Crippen molar-refractivity contribution in [3.63, 3.8) is 0 Å². The van der Waals surface area contributed by atoms with Gasteiger partial charge in [0.1, 0.15) is 5.69 Å². The monoisotopic (exact) mass is 436 g/mol. The van der Waals surface area contributed by atoms with Crippen LogP contribution in [0.5, 0.6) is 0 Å². The molecule has 1 aliphatic carbocycles. The van der Waals surface area contributed by atoms with E-state index in [-0.39, 0.29) is 11.9 Å². The van der Waals surface area contributed by atoms with E-state index < -0.39 is 0 Å². The molecule has 2 aliphatic rings. The zero-order valence-electron chi connectivity index (χ0n) is 16.3. The third kappa shape index (κ3) is 4.58. The number of aromatic nitrogens is 3. The van der Waals surface area contributed by atoms with E-state index in [2.05, 4.69) is 25.0 Å². The summed E-state index contributed by atoms with van der Waals surface area (Å²) in [4.78, 5) is 8.93. The van der Waals surface area contributed by atoms with Crippen molar-refractivity contribution in [3.8, 4) is 11.3 Å². The van der Waals surface area contributed by atoms with Gasteiger partial charge in [-0.25, -0.2) is 0 Å². The highest BCUT2D eigenvalue weighted by atomic mass is 35.5. The number of anilines is 2. The second-order valence-electron chi connectivity index (χ2n) is 7.82. The Bertz CT molecular complexity index is 855. The number of aliphatic hydroxyl groups is 1. The first-order valence-corrected chi connectivity index (χ1v) is 10.9. The lowest BCUT2D eigenvalue weighted by molar-refractivity contribution is 0.0459. The molecular weight excluding hydrogens is 411 g/mol. The molecule has 1 saturated heterocycles. The molecule has 9 heteroatoms. The predicted octanol–water partition coefficient (Wildman–Crippen LogP) is 3.10. The lowest BCUT2D eigenvalue weighted by Gasteiger charge is -2.36. The van der Waals surface area contributed by atoms with Crippen LogP contribution in [-0.4, -0.2) is 64.0 Å². The number of aliphatic hydroxyl groups excluding tert-OH is 1. The van der Waals surface area contributed by atoms with Gasteiger partial charge >= 0.3 is 0 Å². The van der Waals surface area contributed by atoms with E-state index in [1.54, 1.807) is 18.2 Å². The van der Waals surface area contributed by atoms with Gasteiger partial charge in [-0.05, 0) is 31.2 Å². The lowest BCUT2D eigenvalue weighted by Crippen LogP contribution is -2.48. The van der Waals surface area contributed by atoms with E-state index in [1.165, 1.54) is 19.3 Å². The van der Waals surface area contributed by atoms with Gasteiger partial charge < -0.3 is 15.7 Å². The largest absolute Gasteiger partial charge is 0.393 e. The molecule has 1 aromatic heterocycles. The fourth-order valence-corrected chi connectivity index (χ4v) is 4.28. The highest BCUT2D eigenvalue weighted by molar-refractivity contribution is 6.43. The van der Waals surface area contributed by atoms with Gasteiger partial charge in [0, 0.05) is 38.3 Å². The van der Waals surface area contributed by atoms with Gasteiger partial charge in [0.05, 0.1) is 16.1 Å². The van der Waals surface area contributed by atoms with Crippen molar-refractivity contribution < 1.29 is 5.11 Å². The summed E-state index contributed by atoms with van der Waals surface area (Å²) in [5.74, 6) is 1.33. The smallest absolute Gasteiger partial charge is 0.247 e. The molecule has 0 spiro atoms. The highest BCUT2D eigenvalue weighted by Gasteiger charge is 2.27. The Morgan fingerprint density at radius 1 is 1.14 bits per heavy atom. The molecule has 1 aromatic carbocycles. The zero-order chi connectivity index (χ0) is 20.4. The van der Waals surface area contributed by atoms with Crippen LogP contribution in [0.15, 0.2) is 18.2 Å². The van der Waals surface area contributed by atoms with Crippen LogP contribution in [0.2, 0.25) is 10.0 Å². The third-order valence-electron chi connectivity index (χ3n) is 6.00. The molecule has 0 amide bonds. The molecule has 1 atom stereocenters. The molecule has 4 rings (SSSR count). The molecule has 1 aliphatic heterocycles. The summed E-state index contributed by atoms with van der Waals surface area (Å²) in [5.41, 5.74) is 7.21. The molecular formula is C20H26Cl2N6O. The summed E-state index contributed by atoms with van der Waals surface area (Å²) >= 11 is 12.4. The zero-order valence-corrected chi connectivity index (χ0v) is 17.8. The Labute approximate surface area is 180 Å². The van der Waals surface area contributed by atoms with E-state index >= 15 is 0 Å². The maximum Gasteiger partial charge on any atom is 0.247 e. The SMILES string of the molecule is Nc1nc(N2CCN(CCC(O)C3CCC3)CC2)nnc1-c1cccc(Cl)c1Cl. The van der Waals surface area contributed by atoms with E-state index in [0.717, 1.165) is 39.1 Å². The van der Waals surface area contributed by atoms with Crippen LogP contribution < -0.4 is 10.6 Å². The van der Waals surface area contributed by atoms with Gasteiger partial charge in [-0.1, -0.05) is 41.8 Å². The lowest BCUT2D eigenvalue weighted by atomic mass is 9.80. The fraction of sp³-hybridized carbons (Fsp3) is 0.550. The maximum atomic E-state index is 10.2. The first-order valence-electron chi connectivity index (χ1n) is 10.1. The molecule has 1 unspecified atom stereocenters. The molecule has 3 N–H and O–H groups in total. The van der Waals surface area contributed by atoms with Gasteiger partial charge in [-0.15, -0.1) is 10.2 Å². The number of benzene rings is 1. The van der Waals surface area contributed by atoms with E-state index in [4.69, 9.17) is 28.9 Å². The minimum Gasteiger partial charge on any atom is -0.393 e. The van der Waals surface area contributed by atoms with Crippen LogP contribution in [0, 0.1) is 5.92 Å². The molecule has 29 heavy (non-hydrogen) atoms. The van der Waals surface area contributed by atoms with Crippen LogP contribution in [0.25, 0.3) is 11.3 Å². The second-order valence-corrected chi connectivity index (χ2v) is 8.61. The molecule has 0 bridgehead atoms. The van der Waals surface area contributed by atoms with Gasteiger partial charge in [0.25, 0.3) is 0 Å². The standard InChI is InChI=1S/C20H26Cl2N6O/c21-15-6-2-5-14(17(15)22)18-19(23)24-20(26-25-18)28-11-9-27(10-12-28)8-7-16(29)13-3-1-4-13/h2,5-6,13,16,29H,1,3-4,7-12H2,(H2,23,24,26). The molecule has 0 radical (unpaired) electrons. The molecule has 2 heterocycles. The molecule has 156 valence electrons. The van der Waals surface area contributed by atoms with Crippen molar-refractivity contribution in [1.29, 1.82) is 0 Å². The van der Waals surface area contributed by atoms with Crippen molar-refractivity contribution >= 4 is 35.0 Å². The summed E-state index contributed by atoms with van der Waals surface area (Å²) < 4.78 is 0. The van der Waals surface area contributed by atoms with Crippen molar-refractivity contribution in [2.45, 2.75) is 31.8 Å². The number of hydrogen-bond acceptors (Lipinski definition) is 7. The quantitative estimate of drug-likeness (QED) is 0.718. The Balaban J connectivity index is 1.35. The average Bonchev–Trinajstić information content (AvgIpc) is 2.68. The molecule has 1 saturated carbocycles. The minimum absolute atomic E-state index is 0.153. The van der Waals surface area contributed by atoms with Crippen molar-refractivity contribution in [2.75, 3.05) is 43.4 Å². The van der Waals surface area contributed by atoms with Gasteiger partial charge in [0.15, 0.2) is 5.82 Å². The number of halogens is 2. The summed E-state index contributed by atoms with van der Waals surface area (Å²) in [5, 5.41) is 19.6. The minimum atomic E-state index is -0.153.